The van der Waals surface area contributed by atoms with Gasteiger partial charge in [0.05, 0.1) is 5.56 Å². The number of carboxylic acid groups (broad SMARTS) is 1. The summed E-state index contributed by atoms with van der Waals surface area (Å²) in [7, 11) is 0. The normalized spacial score (nSPS) is 15.6. The molecule has 2 amide bonds. The van der Waals surface area contributed by atoms with E-state index in [4.69, 9.17) is 16.7 Å². The van der Waals surface area contributed by atoms with Crippen LogP contribution in [-0.2, 0) is 0 Å². The van der Waals surface area contributed by atoms with Gasteiger partial charge < -0.3 is 20.6 Å². The van der Waals surface area contributed by atoms with Crippen molar-refractivity contribution in [1.82, 2.24) is 10.2 Å². The molecule has 0 aromatic heterocycles. The first-order chi connectivity index (χ1) is 9.56. The van der Waals surface area contributed by atoms with Crippen LogP contribution in [0.25, 0.3) is 0 Å². The highest BCUT2D eigenvalue weighted by Crippen LogP contribution is 2.19. The second-order valence-corrected chi connectivity index (χ2v) is 4.99. The summed E-state index contributed by atoms with van der Waals surface area (Å²) < 4.78 is 0. The van der Waals surface area contributed by atoms with Crippen LogP contribution in [0.3, 0.4) is 0 Å². The van der Waals surface area contributed by atoms with Gasteiger partial charge >= 0.3 is 12.0 Å². The predicted octanol–water partition coefficient (Wildman–Crippen LogP) is 1.87. The monoisotopic (exact) mass is 297 g/mol. The molecule has 108 valence electrons. The van der Waals surface area contributed by atoms with Crippen molar-refractivity contribution >= 4 is 29.3 Å². The standard InChI is InChI=1S/C13H16ClN3O3/c14-10-6-9(12(18)19)7-11(8-10)16-13(20)17-4-1-2-15-3-5-17/h6-8,15H,1-5H2,(H,16,20)(H,18,19). The number of carbonyl (C=O) groups is 2. The van der Waals surface area contributed by atoms with Crippen LogP contribution >= 0.6 is 11.6 Å². The van der Waals surface area contributed by atoms with Crippen molar-refractivity contribution in [2.45, 2.75) is 6.42 Å². The molecule has 7 heteroatoms. The van der Waals surface area contributed by atoms with E-state index >= 15 is 0 Å². The molecule has 3 N–H and O–H groups in total. The van der Waals surface area contributed by atoms with Crippen LogP contribution in [0.4, 0.5) is 10.5 Å². The predicted molar refractivity (Wildman–Crippen MR) is 76.5 cm³/mol. The number of carboxylic acids is 1. The number of anilines is 1. The SMILES string of the molecule is O=C(O)c1cc(Cl)cc(NC(=O)N2CCCNCC2)c1. The van der Waals surface area contributed by atoms with Crippen molar-refractivity contribution in [3.8, 4) is 0 Å². The lowest BCUT2D eigenvalue weighted by Crippen LogP contribution is -2.37. The molecule has 0 saturated carbocycles. The molecule has 0 radical (unpaired) electrons. The Balaban J connectivity index is 2.08. The summed E-state index contributed by atoms with van der Waals surface area (Å²) in [6.07, 6.45) is 0.892. The molecule has 0 aliphatic carbocycles. The van der Waals surface area contributed by atoms with Gasteiger partial charge in [-0.05, 0) is 31.2 Å². The summed E-state index contributed by atoms with van der Waals surface area (Å²) >= 11 is 5.85. The van der Waals surface area contributed by atoms with E-state index in [9.17, 15) is 9.59 Å². The van der Waals surface area contributed by atoms with Gasteiger partial charge in [-0.15, -0.1) is 0 Å². The molecule has 0 bridgehead atoms. The van der Waals surface area contributed by atoms with Gasteiger partial charge in [-0.25, -0.2) is 9.59 Å². The number of hydrogen-bond donors (Lipinski definition) is 3. The second kappa shape index (κ2) is 6.58. The van der Waals surface area contributed by atoms with Gasteiger partial charge in [0.2, 0.25) is 0 Å². The number of rotatable bonds is 2. The van der Waals surface area contributed by atoms with Gasteiger partial charge in [-0.2, -0.15) is 0 Å². The zero-order valence-corrected chi connectivity index (χ0v) is 11.6. The largest absolute Gasteiger partial charge is 0.478 e. The number of amides is 2. The van der Waals surface area contributed by atoms with E-state index in [1.54, 1.807) is 4.90 Å². The first-order valence-corrected chi connectivity index (χ1v) is 6.74. The third kappa shape index (κ3) is 3.85. The summed E-state index contributed by atoms with van der Waals surface area (Å²) in [5, 5.41) is 15.1. The maximum absolute atomic E-state index is 12.1. The number of urea groups is 1. The molecule has 2 rings (SSSR count). The fourth-order valence-corrected chi connectivity index (χ4v) is 2.27. The number of aromatic carboxylic acids is 1. The maximum atomic E-state index is 12.1. The van der Waals surface area contributed by atoms with Crippen molar-refractivity contribution in [2.24, 2.45) is 0 Å². The Bertz CT molecular complexity index is 514. The molecule has 0 spiro atoms. The van der Waals surface area contributed by atoms with Gasteiger partial charge in [0.25, 0.3) is 0 Å². The van der Waals surface area contributed by atoms with Crippen LogP contribution in [0.1, 0.15) is 16.8 Å². The summed E-state index contributed by atoms with van der Waals surface area (Å²) in [6, 6.07) is 4.02. The summed E-state index contributed by atoms with van der Waals surface area (Å²) in [4.78, 5) is 24.8. The molecule has 1 aromatic rings. The van der Waals surface area contributed by atoms with Crippen molar-refractivity contribution < 1.29 is 14.7 Å². The molecule has 1 heterocycles. The van der Waals surface area contributed by atoms with Crippen molar-refractivity contribution in [3.05, 3.63) is 28.8 Å². The summed E-state index contributed by atoms with van der Waals surface area (Å²) in [6.45, 7) is 2.94. The molecular formula is C13H16ClN3O3. The van der Waals surface area contributed by atoms with Crippen molar-refractivity contribution in [1.29, 1.82) is 0 Å². The molecule has 1 fully saturated rings. The number of nitrogens with one attached hydrogen (secondary N) is 2. The molecule has 6 nitrogen and oxygen atoms in total. The third-order valence-electron chi connectivity index (χ3n) is 3.02. The molecular weight excluding hydrogens is 282 g/mol. The van der Waals surface area contributed by atoms with Gasteiger partial charge in [0, 0.05) is 30.3 Å². The van der Waals surface area contributed by atoms with Crippen LogP contribution in [0.5, 0.6) is 0 Å². The van der Waals surface area contributed by atoms with E-state index in [1.165, 1.54) is 18.2 Å². The Morgan fingerprint density at radius 2 is 2.05 bits per heavy atom. The van der Waals surface area contributed by atoms with Gasteiger partial charge in [0.15, 0.2) is 0 Å². The quantitative estimate of drug-likeness (QED) is 0.778. The minimum Gasteiger partial charge on any atom is -0.478 e. The molecule has 0 unspecified atom stereocenters. The van der Waals surface area contributed by atoms with Crippen molar-refractivity contribution in [3.63, 3.8) is 0 Å². The maximum Gasteiger partial charge on any atom is 0.335 e. The average Bonchev–Trinajstić information content (AvgIpc) is 2.66. The van der Waals surface area contributed by atoms with E-state index in [1.807, 2.05) is 0 Å². The van der Waals surface area contributed by atoms with E-state index in [0.717, 1.165) is 19.5 Å². The number of halogens is 1. The van der Waals surface area contributed by atoms with Crippen LogP contribution in [0.2, 0.25) is 5.02 Å². The average molecular weight is 298 g/mol. The van der Waals surface area contributed by atoms with E-state index in [0.29, 0.717) is 18.8 Å². The van der Waals surface area contributed by atoms with E-state index < -0.39 is 5.97 Å². The summed E-state index contributed by atoms with van der Waals surface area (Å²) in [5.41, 5.74) is 0.433. The van der Waals surface area contributed by atoms with Gasteiger partial charge in [0.1, 0.15) is 0 Å². The Kier molecular flexibility index (Phi) is 4.81. The second-order valence-electron chi connectivity index (χ2n) is 4.55. The first kappa shape index (κ1) is 14.6. The van der Waals surface area contributed by atoms with Crippen LogP contribution in [0.15, 0.2) is 18.2 Å². The lowest BCUT2D eigenvalue weighted by atomic mass is 10.2. The summed E-state index contributed by atoms with van der Waals surface area (Å²) in [5.74, 6) is -1.08. The smallest absolute Gasteiger partial charge is 0.335 e. The number of benzene rings is 1. The highest BCUT2D eigenvalue weighted by atomic mass is 35.5. The third-order valence-corrected chi connectivity index (χ3v) is 3.24. The van der Waals surface area contributed by atoms with Crippen LogP contribution < -0.4 is 10.6 Å². The Morgan fingerprint density at radius 3 is 2.80 bits per heavy atom. The highest BCUT2D eigenvalue weighted by molar-refractivity contribution is 6.31. The molecule has 1 saturated heterocycles. The Morgan fingerprint density at radius 1 is 1.25 bits per heavy atom. The number of nitrogens with zero attached hydrogens (tertiary/aromatic N) is 1. The minimum atomic E-state index is -1.08. The van der Waals surface area contributed by atoms with Gasteiger partial charge in [-0.3, -0.25) is 0 Å². The minimum absolute atomic E-state index is 0.0466. The number of carbonyl (C=O) groups excluding carboxylic acids is 1. The molecule has 1 aliphatic rings. The van der Waals surface area contributed by atoms with E-state index in [-0.39, 0.29) is 16.6 Å². The molecule has 0 atom stereocenters. The molecule has 1 aromatic carbocycles. The van der Waals surface area contributed by atoms with Crippen LogP contribution in [-0.4, -0.2) is 48.2 Å². The Labute approximate surface area is 121 Å². The highest BCUT2D eigenvalue weighted by Gasteiger charge is 2.16. The zero-order valence-electron chi connectivity index (χ0n) is 10.9. The zero-order chi connectivity index (χ0) is 14.5. The topological polar surface area (TPSA) is 81.7 Å². The number of hydrogen-bond acceptors (Lipinski definition) is 3. The Hall–Kier alpha value is -1.79. The van der Waals surface area contributed by atoms with Gasteiger partial charge in [-0.1, -0.05) is 11.6 Å². The molecule has 20 heavy (non-hydrogen) atoms. The first-order valence-electron chi connectivity index (χ1n) is 6.37. The van der Waals surface area contributed by atoms with Crippen molar-refractivity contribution in [2.75, 3.05) is 31.5 Å². The van der Waals surface area contributed by atoms with E-state index in [2.05, 4.69) is 10.6 Å². The fraction of sp³-hybridized carbons (Fsp3) is 0.385. The lowest BCUT2D eigenvalue weighted by Gasteiger charge is -2.20. The van der Waals surface area contributed by atoms with Crippen LogP contribution in [0, 0.1) is 0 Å². The fourth-order valence-electron chi connectivity index (χ4n) is 2.04. The lowest BCUT2D eigenvalue weighted by molar-refractivity contribution is 0.0697. The molecule has 1 aliphatic heterocycles.